The molecule has 0 atom stereocenters. The second-order valence-electron chi connectivity index (χ2n) is 13.1. The third kappa shape index (κ3) is 2.86. The normalized spacial score (nSPS) is 15.7. The van der Waals surface area contributed by atoms with Crippen molar-refractivity contribution in [1.29, 1.82) is 0 Å². The lowest BCUT2D eigenvalue weighted by molar-refractivity contribution is 0.594. The molecule has 0 spiro atoms. The summed E-state index contributed by atoms with van der Waals surface area (Å²) >= 11 is 0. The number of nitrogens with zero attached hydrogens (tertiary/aromatic N) is 1. The predicted molar refractivity (Wildman–Crippen MR) is 173 cm³/mol. The van der Waals surface area contributed by atoms with E-state index in [0.717, 1.165) is 0 Å². The molecule has 3 heterocycles. The van der Waals surface area contributed by atoms with Gasteiger partial charge in [0.05, 0.1) is 16.7 Å². The van der Waals surface area contributed by atoms with Crippen LogP contribution in [-0.2, 0) is 10.8 Å². The van der Waals surface area contributed by atoms with Crippen LogP contribution in [0.15, 0.2) is 115 Å². The van der Waals surface area contributed by atoms with Crippen LogP contribution in [0.3, 0.4) is 0 Å². The van der Waals surface area contributed by atoms with Gasteiger partial charge in [-0.15, -0.1) is 0 Å². The molecule has 0 saturated carbocycles. The second kappa shape index (κ2) is 7.56. The third-order valence-corrected chi connectivity index (χ3v) is 10.1. The Balaban J connectivity index is 1.32. The van der Waals surface area contributed by atoms with Crippen molar-refractivity contribution < 1.29 is 0 Å². The van der Waals surface area contributed by atoms with E-state index in [0.29, 0.717) is 0 Å². The Morgan fingerprint density at radius 1 is 0.415 bits per heavy atom. The average Bonchev–Trinajstić information content (AvgIpc) is 3.33. The van der Waals surface area contributed by atoms with Gasteiger partial charge in [-0.25, -0.2) is 0 Å². The summed E-state index contributed by atoms with van der Waals surface area (Å²) in [5.41, 5.74) is 14.8. The van der Waals surface area contributed by atoms with Crippen LogP contribution < -0.4 is 0 Å². The molecule has 1 heteroatoms. The molecule has 196 valence electrons. The molecule has 7 aromatic rings. The highest BCUT2D eigenvalue weighted by atomic mass is 15.0. The molecule has 0 N–H and O–H groups in total. The number of rotatable bonds is 2. The predicted octanol–water partition coefficient (Wildman–Crippen LogP) is 10.5. The van der Waals surface area contributed by atoms with Crippen LogP contribution >= 0.6 is 0 Å². The van der Waals surface area contributed by atoms with Crippen molar-refractivity contribution in [3.8, 4) is 27.9 Å². The lowest BCUT2D eigenvalue weighted by Gasteiger charge is -2.42. The first-order chi connectivity index (χ1) is 19.8. The molecule has 0 bridgehead atoms. The topological polar surface area (TPSA) is 4.93 Å². The maximum Gasteiger partial charge on any atom is 0.0582 e. The van der Waals surface area contributed by atoms with E-state index in [4.69, 9.17) is 0 Å². The van der Waals surface area contributed by atoms with E-state index in [-0.39, 0.29) is 10.8 Å². The van der Waals surface area contributed by atoms with E-state index >= 15 is 0 Å². The molecule has 6 aromatic carbocycles. The molecule has 1 aromatic heterocycles. The average molecular weight is 526 g/mol. The number of benzene rings is 6. The fourth-order valence-electron chi connectivity index (χ4n) is 7.88. The largest absolute Gasteiger partial charge is 0.308 e. The van der Waals surface area contributed by atoms with E-state index < -0.39 is 0 Å². The molecular formula is C40H31N. The van der Waals surface area contributed by atoms with Crippen molar-refractivity contribution in [3.63, 3.8) is 0 Å². The number of fused-ring (bicyclic) bond motifs is 2. The molecule has 1 nitrogen and oxygen atoms in total. The van der Waals surface area contributed by atoms with E-state index in [1.54, 1.807) is 0 Å². The first kappa shape index (κ1) is 23.1. The Labute approximate surface area is 240 Å². The van der Waals surface area contributed by atoms with Crippen LogP contribution in [-0.4, -0.2) is 4.57 Å². The van der Waals surface area contributed by atoms with Crippen LogP contribution in [0.25, 0.3) is 60.5 Å². The fourth-order valence-corrected chi connectivity index (χ4v) is 7.88. The summed E-state index contributed by atoms with van der Waals surface area (Å²) in [7, 11) is 0. The molecule has 41 heavy (non-hydrogen) atoms. The Morgan fingerprint density at radius 3 is 1.71 bits per heavy atom. The minimum atomic E-state index is -0.112. The van der Waals surface area contributed by atoms with E-state index in [1.165, 1.54) is 82.8 Å². The van der Waals surface area contributed by atoms with Crippen molar-refractivity contribution in [2.24, 2.45) is 0 Å². The van der Waals surface area contributed by atoms with Crippen molar-refractivity contribution >= 4 is 32.6 Å². The van der Waals surface area contributed by atoms with Gasteiger partial charge >= 0.3 is 0 Å². The first-order valence-electron chi connectivity index (χ1n) is 14.7. The summed E-state index contributed by atoms with van der Waals surface area (Å²) in [4.78, 5) is 0. The van der Waals surface area contributed by atoms with Gasteiger partial charge in [-0.1, -0.05) is 119 Å². The van der Waals surface area contributed by atoms with Crippen molar-refractivity contribution in [2.75, 3.05) is 0 Å². The Kier molecular flexibility index (Phi) is 4.26. The minimum Gasteiger partial charge on any atom is -0.308 e. The summed E-state index contributed by atoms with van der Waals surface area (Å²) in [6, 6.07) is 43.3. The Morgan fingerprint density at radius 2 is 1.00 bits per heavy atom. The van der Waals surface area contributed by atoms with Gasteiger partial charge in [-0.2, -0.15) is 0 Å². The summed E-state index contributed by atoms with van der Waals surface area (Å²) < 4.78 is 2.60. The van der Waals surface area contributed by atoms with Gasteiger partial charge in [-0.05, 0) is 79.5 Å². The van der Waals surface area contributed by atoms with Crippen LogP contribution in [0.4, 0.5) is 0 Å². The van der Waals surface area contributed by atoms with Gasteiger partial charge in [0.2, 0.25) is 0 Å². The van der Waals surface area contributed by atoms with Crippen LogP contribution in [0.1, 0.15) is 49.9 Å². The van der Waals surface area contributed by atoms with Gasteiger partial charge in [0.25, 0.3) is 0 Å². The summed E-state index contributed by atoms with van der Waals surface area (Å²) in [5.74, 6) is 0. The number of hydrogen-bond acceptors (Lipinski definition) is 0. The smallest absolute Gasteiger partial charge is 0.0582 e. The zero-order valence-corrected chi connectivity index (χ0v) is 23.9. The number of aromatic nitrogens is 1. The molecule has 9 rings (SSSR count). The summed E-state index contributed by atoms with van der Waals surface area (Å²) in [5, 5.41) is 5.27. The molecule has 0 radical (unpaired) electrons. The highest BCUT2D eigenvalue weighted by Gasteiger charge is 2.43. The fraction of sp³-hybridized carbons (Fsp3) is 0.150. The first-order valence-corrected chi connectivity index (χ1v) is 14.7. The maximum absolute atomic E-state index is 2.60. The molecule has 0 amide bonds. The quantitative estimate of drug-likeness (QED) is 0.212. The van der Waals surface area contributed by atoms with Crippen molar-refractivity contribution in [1.82, 2.24) is 4.57 Å². The van der Waals surface area contributed by atoms with Crippen LogP contribution in [0.2, 0.25) is 0 Å². The summed E-state index contributed by atoms with van der Waals surface area (Å²) in [6.45, 7) is 9.61. The molecule has 0 saturated heterocycles. The Hall–Kier alpha value is -4.62. The molecule has 0 aliphatic carbocycles. The Bertz CT molecular complexity index is 2240. The van der Waals surface area contributed by atoms with E-state index in [2.05, 4.69) is 148 Å². The highest BCUT2D eigenvalue weighted by Crippen LogP contribution is 2.55. The molecular weight excluding hydrogens is 494 g/mol. The second-order valence-corrected chi connectivity index (χ2v) is 13.1. The van der Waals surface area contributed by atoms with Gasteiger partial charge < -0.3 is 4.57 Å². The number of hydrogen-bond donors (Lipinski definition) is 0. The molecule has 0 fully saturated rings. The van der Waals surface area contributed by atoms with Gasteiger partial charge in [0.1, 0.15) is 0 Å². The van der Waals surface area contributed by atoms with E-state index in [1.807, 2.05) is 0 Å². The van der Waals surface area contributed by atoms with E-state index in [9.17, 15) is 0 Å². The van der Waals surface area contributed by atoms with Crippen LogP contribution in [0.5, 0.6) is 0 Å². The summed E-state index contributed by atoms with van der Waals surface area (Å²) in [6.07, 6.45) is 0. The molecule has 0 unspecified atom stereocenters. The molecule has 2 aliphatic rings. The monoisotopic (exact) mass is 525 g/mol. The maximum atomic E-state index is 2.60. The van der Waals surface area contributed by atoms with Gasteiger partial charge in [0.15, 0.2) is 0 Å². The van der Waals surface area contributed by atoms with Crippen molar-refractivity contribution in [2.45, 2.75) is 38.5 Å². The lowest BCUT2D eigenvalue weighted by atomic mass is 9.68. The highest BCUT2D eigenvalue weighted by molar-refractivity contribution is 6.15. The van der Waals surface area contributed by atoms with Gasteiger partial charge in [-0.3, -0.25) is 0 Å². The minimum absolute atomic E-state index is 0.0530. The zero-order valence-electron chi connectivity index (χ0n) is 23.9. The third-order valence-electron chi connectivity index (χ3n) is 10.1. The SMILES string of the molecule is CC1(C)c2cccc3c2-n2c4c1cccc4c1cc(-c4ccc5cc(-c6ccccc6)ccc5c4)cc(c12)C3(C)C. The zero-order chi connectivity index (χ0) is 27.7. The lowest BCUT2D eigenvalue weighted by Crippen LogP contribution is -2.33. The molecule has 2 aliphatic heterocycles. The van der Waals surface area contributed by atoms with Crippen molar-refractivity contribution in [3.05, 3.63) is 138 Å². The number of para-hydroxylation sites is 2. The van der Waals surface area contributed by atoms with Gasteiger partial charge in [0, 0.05) is 21.6 Å². The van der Waals surface area contributed by atoms with Crippen LogP contribution in [0, 0.1) is 0 Å². The standard InChI is InChI=1S/C40H31N/c1-39(2)32-13-8-12-30-31-22-29(28-19-18-26-20-25(16-17-27(26)21-28)24-10-6-5-7-11-24)23-35-37(31)41(36(30)32)38-33(39)14-9-15-34(38)40(35,3)4/h5-23H,1-4H3.